The summed E-state index contributed by atoms with van der Waals surface area (Å²) in [5, 5.41) is 7.76. The Bertz CT molecular complexity index is 1710. The van der Waals surface area contributed by atoms with Gasteiger partial charge in [0, 0.05) is 33.1 Å². The molecule has 0 amide bonds. The summed E-state index contributed by atoms with van der Waals surface area (Å²) >= 11 is 1.85. The van der Waals surface area contributed by atoms with Gasteiger partial charge in [0.2, 0.25) is 0 Å². The molecule has 0 atom stereocenters. The van der Waals surface area contributed by atoms with Crippen LogP contribution in [0.25, 0.3) is 58.8 Å². The fourth-order valence-corrected chi connectivity index (χ4v) is 5.98. The van der Waals surface area contributed by atoms with E-state index >= 15 is 0 Å². The Morgan fingerprint density at radius 3 is 2.52 bits per heavy atom. The highest BCUT2D eigenvalue weighted by Crippen LogP contribution is 2.44. The summed E-state index contributed by atoms with van der Waals surface area (Å²) < 4.78 is 2.46. The van der Waals surface area contributed by atoms with Gasteiger partial charge in [-0.2, -0.15) is 0 Å². The zero-order chi connectivity index (χ0) is 19.1. The fraction of sp³-hybridized carbons (Fsp3) is 0.0385. The van der Waals surface area contributed by atoms with Gasteiger partial charge in [-0.05, 0) is 36.1 Å². The molecule has 2 nitrogen and oxygen atoms in total. The smallest absolute Gasteiger partial charge is 0.109 e. The summed E-state index contributed by atoms with van der Waals surface area (Å²) in [7, 11) is 0. The molecule has 0 saturated heterocycles. The number of benzene rings is 3. The lowest BCUT2D eigenvalue weighted by Gasteiger charge is -2.03. The van der Waals surface area contributed by atoms with Gasteiger partial charge < -0.3 is 0 Å². The second-order valence-corrected chi connectivity index (χ2v) is 8.80. The summed E-state index contributed by atoms with van der Waals surface area (Å²) in [6.07, 6.45) is 1.92. The van der Waals surface area contributed by atoms with Crippen LogP contribution < -0.4 is 0 Å². The van der Waals surface area contributed by atoms with Crippen molar-refractivity contribution in [3.63, 3.8) is 0 Å². The number of hydrogen-bond acceptors (Lipinski definition) is 2. The highest BCUT2D eigenvalue weighted by Gasteiger charge is 2.20. The van der Waals surface area contributed by atoms with Crippen molar-refractivity contribution in [3.05, 3.63) is 84.6 Å². The predicted molar refractivity (Wildman–Crippen MR) is 124 cm³/mol. The molecule has 0 aliphatic heterocycles. The SMILES string of the molecule is Cc1ccc2c3cccc4c5cc(-c6nccc7ccccc67)sc5n(c2c1)c34. The van der Waals surface area contributed by atoms with Crippen LogP contribution >= 0.6 is 11.3 Å². The van der Waals surface area contributed by atoms with Crippen molar-refractivity contribution < 1.29 is 0 Å². The molecule has 3 aromatic carbocycles. The molecule has 136 valence electrons. The lowest BCUT2D eigenvalue weighted by Crippen LogP contribution is -1.82. The van der Waals surface area contributed by atoms with Crippen LogP contribution in [0, 0.1) is 6.92 Å². The molecule has 4 heterocycles. The number of pyridine rings is 1. The van der Waals surface area contributed by atoms with Crippen LogP contribution in [0.3, 0.4) is 0 Å². The molecule has 3 heteroatoms. The van der Waals surface area contributed by atoms with E-state index in [4.69, 9.17) is 4.98 Å². The van der Waals surface area contributed by atoms with Crippen molar-refractivity contribution in [2.75, 3.05) is 0 Å². The van der Waals surface area contributed by atoms with Gasteiger partial charge in [-0.15, -0.1) is 11.3 Å². The average molecular weight is 388 g/mol. The van der Waals surface area contributed by atoms with Crippen LogP contribution in [0.1, 0.15) is 5.56 Å². The number of hydrogen-bond donors (Lipinski definition) is 0. The van der Waals surface area contributed by atoms with E-state index in [0.717, 1.165) is 5.69 Å². The van der Waals surface area contributed by atoms with Crippen LogP contribution in [-0.2, 0) is 0 Å². The number of aromatic nitrogens is 2. The highest BCUT2D eigenvalue weighted by molar-refractivity contribution is 7.22. The quantitative estimate of drug-likeness (QED) is 0.286. The molecule has 0 N–H and O–H groups in total. The van der Waals surface area contributed by atoms with Crippen LogP contribution in [0.2, 0.25) is 0 Å². The van der Waals surface area contributed by atoms with E-state index in [2.05, 4.69) is 84.1 Å². The molecular formula is C26H16N2S. The third-order valence-corrected chi connectivity index (χ3v) is 7.18. The van der Waals surface area contributed by atoms with Crippen LogP contribution in [-0.4, -0.2) is 9.38 Å². The molecule has 0 aliphatic carbocycles. The van der Waals surface area contributed by atoms with Gasteiger partial charge in [0.25, 0.3) is 0 Å². The van der Waals surface area contributed by atoms with Crippen LogP contribution in [0.5, 0.6) is 0 Å². The van der Waals surface area contributed by atoms with Crippen LogP contribution in [0.4, 0.5) is 0 Å². The van der Waals surface area contributed by atoms with Gasteiger partial charge in [-0.3, -0.25) is 9.38 Å². The number of nitrogens with zero attached hydrogens (tertiary/aromatic N) is 2. The Kier molecular flexibility index (Phi) is 2.85. The van der Waals surface area contributed by atoms with Crippen molar-refractivity contribution in [1.82, 2.24) is 9.38 Å². The van der Waals surface area contributed by atoms with E-state index in [1.165, 1.54) is 58.6 Å². The van der Waals surface area contributed by atoms with Crippen LogP contribution in [0.15, 0.2) is 79.0 Å². The minimum absolute atomic E-state index is 1.07. The Morgan fingerprint density at radius 2 is 1.59 bits per heavy atom. The van der Waals surface area contributed by atoms with E-state index in [1.54, 1.807) is 0 Å². The first-order valence-electron chi connectivity index (χ1n) is 9.82. The third kappa shape index (κ3) is 1.93. The molecule has 7 aromatic rings. The molecule has 4 aromatic heterocycles. The van der Waals surface area contributed by atoms with Gasteiger partial charge in [0.15, 0.2) is 0 Å². The second kappa shape index (κ2) is 5.34. The lowest BCUT2D eigenvalue weighted by atomic mass is 10.1. The molecule has 0 saturated carbocycles. The highest BCUT2D eigenvalue weighted by atomic mass is 32.1. The number of para-hydroxylation sites is 1. The van der Waals surface area contributed by atoms with Gasteiger partial charge in [-0.25, -0.2) is 0 Å². The Labute approximate surface area is 171 Å². The summed E-state index contributed by atoms with van der Waals surface area (Å²) in [4.78, 5) is 7.29. The maximum atomic E-state index is 4.76. The first-order valence-corrected chi connectivity index (χ1v) is 10.6. The Hall–Kier alpha value is -3.43. The van der Waals surface area contributed by atoms with Crippen molar-refractivity contribution in [1.29, 1.82) is 0 Å². The molecule has 7 rings (SSSR count). The summed E-state index contributed by atoms with van der Waals surface area (Å²) in [6.45, 7) is 2.17. The number of rotatable bonds is 1. The summed E-state index contributed by atoms with van der Waals surface area (Å²) in [5.41, 5.74) is 5.00. The van der Waals surface area contributed by atoms with Crippen molar-refractivity contribution in [2.24, 2.45) is 0 Å². The number of fused-ring (bicyclic) bond motifs is 7. The maximum Gasteiger partial charge on any atom is 0.109 e. The van der Waals surface area contributed by atoms with Crippen molar-refractivity contribution >= 4 is 59.5 Å². The van der Waals surface area contributed by atoms with E-state index in [0.29, 0.717) is 0 Å². The Balaban J connectivity index is 1.65. The van der Waals surface area contributed by atoms with Crippen molar-refractivity contribution in [3.8, 4) is 10.6 Å². The first kappa shape index (κ1) is 15.5. The minimum Gasteiger partial charge on any atom is -0.299 e. The summed E-state index contributed by atoms with van der Waals surface area (Å²) in [6, 6.07) is 26.4. The van der Waals surface area contributed by atoms with Gasteiger partial charge in [0.1, 0.15) is 4.83 Å². The molecule has 0 bridgehead atoms. The molecule has 0 fully saturated rings. The first-order chi connectivity index (χ1) is 14.3. The zero-order valence-electron chi connectivity index (χ0n) is 15.8. The standard InChI is InChI=1S/C26H16N2S/c1-15-9-10-18-19-7-4-8-20-21-14-23(29-26(21)28(25(19)20)22(18)13-15)24-17-6-3-2-5-16(17)11-12-27-24/h2-14H,1H3. The molecule has 0 radical (unpaired) electrons. The largest absolute Gasteiger partial charge is 0.299 e. The number of thiophene rings is 1. The average Bonchev–Trinajstić information content (AvgIpc) is 3.40. The molecule has 0 spiro atoms. The minimum atomic E-state index is 1.07. The normalized spacial score (nSPS) is 12.3. The third-order valence-electron chi connectivity index (χ3n) is 6.06. The fourth-order valence-electron chi connectivity index (χ4n) is 4.78. The predicted octanol–water partition coefficient (Wildman–Crippen LogP) is 7.42. The van der Waals surface area contributed by atoms with E-state index in [9.17, 15) is 0 Å². The number of aryl methyl sites for hydroxylation is 1. The Morgan fingerprint density at radius 1 is 0.759 bits per heavy atom. The van der Waals surface area contributed by atoms with Gasteiger partial charge in [0.05, 0.1) is 21.6 Å². The van der Waals surface area contributed by atoms with Gasteiger partial charge >= 0.3 is 0 Å². The topological polar surface area (TPSA) is 17.3 Å². The van der Waals surface area contributed by atoms with Crippen molar-refractivity contribution in [2.45, 2.75) is 6.92 Å². The second-order valence-electron chi connectivity index (χ2n) is 7.77. The molecule has 0 aliphatic rings. The van der Waals surface area contributed by atoms with E-state index < -0.39 is 0 Å². The van der Waals surface area contributed by atoms with Gasteiger partial charge in [-0.1, -0.05) is 54.6 Å². The monoisotopic (exact) mass is 388 g/mol. The summed E-state index contributed by atoms with van der Waals surface area (Å²) in [5.74, 6) is 0. The molecule has 29 heavy (non-hydrogen) atoms. The molecule has 0 unspecified atom stereocenters. The maximum absolute atomic E-state index is 4.76. The zero-order valence-corrected chi connectivity index (χ0v) is 16.6. The van der Waals surface area contributed by atoms with E-state index in [-0.39, 0.29) is 0 Å². The lowest BCUT2D eigenvalue weighted by molar-refractivity contribution is 1.37. The van der Waals surface area contributed by atoms with E-state index in [1.807, 2.05) is 17.5 Å². The molecular weight excluding hydrogens is 372 g/mol.